The first-order valence-corrected chi connectivity index (χ1v) is 8.41. The van der Waals surface area contributed by atoms with Crippen LogP contribution in [-0.4, -0.2) is 50.8 Å². The average Bonchev–Trinajstić information content (AvgIpc) is 2.99. The van der Waals surface area contributed by atoms with Crippen molar-refractivity contribution < 1.29 is 9.53 Å². The summed E-state index contributed by atoms with van der Waals surface area (Å²) in [6, 6.07) is 4.20. The standard InChI is InChI=1S/C15H25N3O2S/c1-20-8-6-16-15(19)17-10-13-4-2-7-18(11-13)12-14-5-3-9-21-14/h3,5,9,13H,2,4,6-8,10-12H2,1H3,(H2,16,17,19). The molecule has 0 spiro atoms. The van der Waals surface area contributed by atoms with E-state index in [-0.39, 0.29) is 6.03 Å². The van der Waals surface area contributed by atoms with Gasteiger partial charge >= 0.3 is 6.03 Å². The highest BCUT2D eigenvalue weighted by molar-refractivity contribution is 7.09. The smallest absolute Gasteiger partial charge is 0.314 e. The minimum absolute atomic E-state index is 0.0950. The molecular formula is C15H25N3O2S. The third-order valence-electron chi connectivity index (χ3n) is 3.71. The van der Waals surface area contributed by atoms with Crippen LogP contribution in [0.25, 0.3) is 0 Å². The third-order valence-corrected chi connectivity index (χ3v) is 4.57. The summed E-state index contributed by atoms with van der Waals surface area (Å²) in [5, 5.41) is 7.87. The van der Waals surface area contributed by atoms with Gasteiger partial charge in [-0.25, -0.2) is 4.79 Å². The highest BCUT2D eigenvalue weighted by Gasteiger charge is 2.20. The summed E-state index contributed by atoms with van der Waals surface area (Å²) < 4.78 is 4.90. The van der Waals surface area contributed by atoms with Gasteiger partial charge in [-0.05, 0) is 36.8 Å². The van der Waals surface area contributed by atoms with E-state index in [1.807, 2.05) is 11.3 Å². The molecule has 1 fully saturated rings. The number of carbonyl (C=O) groups excluding carboxylic acids is 1. The van der Waals surface area contributed by atoms with Gasteiger partial charge in [-0.15, -0.1) is 11.3 Å². The number of piperidine rings is 1. The van der Waals surface area contributed by atoms with Gasteiger partial charge in [0.2, 0.25) is 0 Å². The monoisotopic (exact) mass is 311 g/mol. The summed E-state index contributed by atoms with van der Waals surface area (Å²) in [5.41, 5.74) is 0. The van der Waals surface area contributed by atoms with Gasteiger partial charge in [0.15, 0.2) is 0 Å². The maximum absolute atomic E-state index is 11.6. The predicted octanol–water partition coefficient (Wildman–Crippen LogP) is 1.91. The van der Waals surface area contributed by atoms with Crippen LogP contribution in [0.2, 0.25) is 0 Å². The minimum Gasteiger partial charge on any atom is -0.383 e. The van der Waals surface area contributed by atoms with E-state index in [9.17, 15) is 4.79 Å². The van der Waals surface area contributed by atoms with Crippen LogP contribution in [0.5, 0.6) is 0 Å². The fourth-order valence-electron chi connectivity index (χ4n) is 2.65. The highest BCUT2D eigenvalue weighted by atomic mass is 32.1. The van der Waals surface area contributed by atoms with Crippen LogP contribution in [0.1, 0.15) is 17.7 Å². The number of urea groups is 1. The molecule has 1 unspecified atom stereocenters. The molecule has 0 aromatic carbocycles. The summed E-state index contributed by atoms with van der Waals surface area (Å²) in [6.07, 6.45) is 2.41. The van der Waals surface area contributed by atoms with Crippen LogP contribution < -0.4 is 10.6 Å². The van der Waals surface area contributed by atoms with Gasteiger partial charge in [0.1, 0.15) is 0 Å². The Balaban J connectivity index is 1.65. The topological polar surface area (TPSA) is 53.6 Å². The molecule has 2 amide bonds. The van der Waals surface area contributed by atoms with Crippen molar-refractivity contribution >= 4 is 17.4 Å². The second-order valence-corrected chi connectivity index (χ2v) is 6.48. The van der Waals surface area contributed by atoms with Crippen molar-refractivity contribution in [2.75, 3.05) is 39.9 Å². The van der Waals surface area contributed by atoms with Crippen molar-refractivity contribution in [3.05, 3.63) is 22.4 Å². The van der Waals surface area contributed by atoms with E-state index in [2.05, 4.69) is 33.0 Å². The molecule has 2 heterocycles. The van der Waals surface area contributed by atoms with Gasteiger partial charge in [0.05, 0.1) is 6.61 Å². The molecule has 6 heteroatoms. The van der Waals surface area contributed by atoms with Crippen molar-refractivity contribution in [3.8, 4) is 0 Å². The molecule has 0 bridgehead atoms. The zero-order chi connectivity index (χ0) is 14.9. The van der Waals surface area contributed by atoms with Gasteiger partial charge in [-0.3, -0.25) is 4.90 Å². The van der Waals surface area contributed by atoms with Crippen molar-refractivity contribution in [2.24, 2.45) is 5.92 Å². The molecule has 0 saturated carbocycles. The van der Waals surface area contributed by atoms with Gasteiger partial charge in [-0.1, -0.05) is 6.07 Å². The number of nitrogens with one attached hydrogen (secondary N) is 2. The van der Waals surface area contributed by atoms with Gasteiger partial charge in [-0.2, -0.15) is 0 Å². The fraction of sp³-hybridized carbons (Fsp3) is 0.667. The Hall–Kier alpha value is -1.11. The number of rotatable bonds is 7. The fourth-order valence-corrected chi connectivity index (χ4v) is 3.40. The number of ether oxygens (including phenoxy) is 1. The van der Waals surface area contributed by atoms with E-state index in [0.29, 0.717) is 19.1 Å². The van der Waals surface area contributed by atoms with Crippen LogP contribution in [0.4, 0.5) is 4.79 Å². The first-order chi connectivity index (χ1) is 10.3. The summed E-state index contributed by atoms with van der Waals surface area (Å²) in [4.78, 5) is 15.5. The van der Waals surface area contributed by atoms with E-state index in [1.165, 1.54) is 17.7 Å². The number of hydrogen-bond acceptors (Lipinski definition) is 4. The Labute approximate surface area is 130 Å². The molecule has 2 N–H and O–H groups in total. The molecule has 1 aromatic heterocycles. The Morgan fingerprint density at radius 2 is 2.43 bits per heavy atom. The first-order valence-electron chi connectivity index (χ1n) is 7.53. The van der Waals surface area contributed by atoms with Gasteiger partial charge in [0.25, 0.3) is 0 Å². The number of nitrogens with zero attached hydrogens (tertiary/aromatic N) is 1. The Morgan fingerprint density at radius 1 is 1.52 bits per heavy atom. The molecule has 1 saturated heterocycles. The van der Waals surface area contributed by atoms with Crippen LogP contribution in [0.3, 0.4) is 0 Å². The van der Waals surface area contributed by atoms with Crippen molar-refractivity contribution in [1.82, 2.24) is 15.5 Å². The lowest BCUT2D eigenvalue weighted by Gasteiger charge is -2.32. The molecule has 118 valence electrons. The summed E-state index contributed by atoms with van der Waals surface area (Å²) in [7, 11) is 1.63. The summed E-state index contributed by atoms with van der Waals surface area (Å²) >= 11 is 1.81. The molecule has 0 radical (unpaired) electrons. The second kappa shape index (κ2) is 9.02. The van der Waals surface area contributed by atoms with Crippen molar-refractivity contribution in [2.45, 2.75) is 19.4 Å². The van der Waals surface area contributed by atoms with Crippen LogP contribution >= 0.6 is 11.3 Å². The maximum Gasteiger partial charge on any atom is 0.314 e. The van der Waals surface area contributed by atoms with Crippen LogP contribution in [-0.2, 0) is 11.3 Å². The lowest BCUT2D eigenvalue weighted by molar-refractivity contribution is 0.165. The van der Waals surface area contributed by atoms with E-state index >= 15 is 0 Å². The number of likely N-dealkylation sites (tertiary alicyclic amines) is 1. The lowest BCUT2D eigenvalue weighted by atomic mass is 9.98. The number of thiophene rings is 1. The molecule has 1 aliphatic heterocycles. The number of carbonyl (C=O) groups is 1. The van der Waals surface area contributed by atoms with Gasteiger partial charge in [0, 0.05) is 38.2 Å². The quantitative estimate of drug-likeness (QED) is 0.756. The van der Waals surface area contributed by atoms with E-state index in [1.54, 1.807) is 7.11 Å². The molecular weight excluding hydrogens is 286 g/mol. The van der Waals surface area contributed by atoms with E-state index in [4.69, 9.17) is 4.74 Å². The zero-order valence-electron chi connectivity index (χ0n) is 12.6. The van der Waals surface area contributed by atoms with Crippen molar-refractivity contribution in [1.29, 1.82) is 0 Å². The molecule has 1 aliphatic rings. The highest BCUT2D eigenvalue weighted by Crippen LogP contribution is 2.19. The molecule has 1 atom stereocenters. The minimum atomic E-state index is -0.0950. The molecule has 1 aromatic rings. The maximum atomic E-state index is 11.6. The normalized spacial score (nSPS) is 19.4. The Morgan fingerprint density at radius 3 is 3.19 bits per heavy atom. The summed E-state index contributed by atoms with van der Waals surface area (Å²) in [6.45, 7) is 5.11. The first kappa shape index (κ1) is 16.3. The SMILES string of the molecule is COCCNC(=O)NCC1CCCN(Cc2cccs2)C1. The lowest BCUT2D eigenvalue weighted by Crippen LogP contribution is -2.44. The number of amides is 2. The number of methoxy groups -OCH3 is 1. The molecule has 5 nitrogen and oxygen atoms in total. The summed E-state index contributed by atoms with van der Waals surface area (Å²) in [5.74, 6) is 0.548. The van der Waals surface area contributed by atoms with E-state index in [0.717, 1.165) is 26.2 Å². The van der Waals surface area contributed by atoms with Crippen LogP contribution in [0, 0.1) is 5.92 Å². The molecule has 2 rings (SSSR count). The predicted molar refractivity (Wildman–Crippen MR) is 85.6 cm³/mol. The largest absolute Gasteiger partial charge is 0.383 e. The van der Waals surface area contributed by atoms with Crippen LogP contribution in [0.15, 0.2) is 17.5 Å². The zero-order valence-corrected chi connectivity index (χ0v) is 13.5. The van der Waals surface area contributed by atoms with E-state index < -0.39 is 0 Å². The Bertz CT molecular complexity index is 411. The Kier molecular flexibility index (Phi) is 6.99. The van der Waals surface area contributed by atoms with Crippen molar-refractivity contribution in [3.63, 3.8) is 0 Å². The molecule has 0 aliphatic carbocycles. The molecule has 21 heavy (non-hydrogen) atoms. The third kappa shape index (κ3) is 6.03. The average molecular weight is 311 g/mol. The second-order valence-electron chi connectivity index (χ2n) is 5.45. The number of hydrogen-bond donors (Lipinski definition) is 2. The van der Waals surface area contributed by atoms with Gasteiger partial charge < -0.3 is 15.4 Å².